The normalized spacial score (nSPS) is 39.6. The molecule has 1 aliphatic heterocycles. The van der Waals surface area contributed by atoms with E-state index in [1.165, 1.54) is 6.42 Å². The molecule has 0 spiro atoms. The highest BCUT2D eigenvalue weighted by atomic mass is 16.5. The van der Waals surface area contributed by atoms with Gasteiger partial charge in [-0.3, -0.25) is 4.79 Å². The SMILES string of the molecule is CC1CC(OC(=O)C2NCCC2C)CC(C)(C)C1. The molecular weight excluding hydrogens is 226 g/mol. The molecule has 0 radical (unpaired) electrons. The molecule has 2 aliphatic rings. The summed E-state index contributed by atoms with van der Waals surface area (Å²) < 4.78 is 5.75. The summed E-state index contributed by atoms with van der Waals surface area (Å²) in [5.74, 6) is 1.03. The predicted octanol–water partition coefficient (Wildman–Crippen LogP) is 2.74. The van der Waals surface area contributed by atoms with E-state index in [1.54, 1.807) is 0 Å². The van der Waals surface area contributed by atoms with Gasteiger partial charge in [0.05, 0.1) is 0 Å². The summed E-state index contributed by atoms with van der Waals surface area (Å²) in [6, 6.07) is -0.0784. The molecule has 3 nitrogen and oxygen atoms in total. The molecule has 0 aromatic carbocycles. The summed E-state index contributed by atoms with van der Waals surface area (Å²) in [5, 5.41) is 3.25. The van der Waals surface area contributed by atoms with Crippen molar-refractivity contribution in [3.8, 4) is 0 Å². The van der Waals surface area contributed by atoms with Crippen molar-refractivity contribution in [3.05, 3.63) is 0 Å². The van der Waals surface area contributed by atoms with Crippen LogP contribution in [0.1, 0.15) is 53.4 Å². The molecule has 1 saturated heterocycles. The van der Waals surface area contributed by atoms with Gasteiger partial charge < -0.3 is 10.1 Å². The predicted molar refractivity (Wildman–Crippen MR) is 72.2 cm³/mol. The Hall–Kier alpha value is -0.570. The van der Waals surface area contributed by atoms with E-state index in [1.807, 2.05) is 0 Å². The number of rotatable bonds is 2. The number of esters is 1. The zero-order valence-corrected chi connectivity index (χ0v) is 12.2. The number of hydrogen-bond acceptors (Lipinski definition) is 3. The van der Waals surface area contributed by atoms with Crippen molar-refractivity contribution in [2.45, 2.75) is 65.5 Å². The molecule has 4 unspecified atom stereocenters. The van der Waals surface area contributed by atoms with Gasteiger partial charge in [0.2, 0.25) is 0 Å². The van der Waals surface area contributed by atoms with Crippen molar-refractivity contribution in [3.63, 3.8) is 0 Å². The second-order valence-electron chi connectivity index (χ2n) is 7.17. The summed E-state index contributed by atoms with van der Waals surface area (Å²) in [4.78, 5) is 12.2. The standard InChI is InChI=1S/C15H27NO2/c1-10-7-12(9-15(3,4)8-10)18-14(17)13-11(2)5-6-16-13/h10-13,16H,5-9H2,1-4H3. The molecule has 1 heterocycles. The van der Waals surface area contributed by atoms with Gasteiger partial charge in [0.25, 0.3) is 0 Å². The molecule has 104 valence electrons. The number of carbonyl (C=O) groups is 1. The van der Waals surface area contributed by atoms with E-state index in [0.717, 1.165) is 25.8 Å². The van der Waals surface area contributed by atoms with E-state index in [9.17, 15) is 4.79 Å². The maximum atomic E-state index is 12.2. The molecule has 0 aromatic heterocycles. The molecule has 0 bridgehead atoms. The summed E-state index contributed by atoms with van der Waals surface area (Å²) in [6.45, 7) is 9.88. The van der Waals surface area contributed by atoms with Crippen LogP contribution in [0.25, 0.3) is 0 Å². The first-order valence-electron chi connectivity index (χ1n) is 7.31. The Morgan fingerprint density at radius 3 is 2.56 bits per heavy atom. The van der Waals surface area contributed by atoms with Crippen molar-refractivity contribution in [1.82, 2.24) is 5.32 Å². The minimum atomic E-state index is -0.0784. The molecule has 18 heavy (non-hydrogen) atoms. The van der Waals surface area contributed by atoms with Crippen LogP contribution in [0.2, 0.25) is 0 Å². The number of hydrogen-bond donors (Lipinski definition) is 1. The highest BCUT2D eigenvalue weighted by Crippen LogP contribution is 2.39. The van der Waals surface area contributed by atoms with Crippen LogP contribution < -0.4 is 5.32 Å². The highest BCUT2D eigenvalue weighted by Gasteiger charge is 2.37. The average Bonchev–Trinajstić information content (AvgIpc) is 2.60. The van der Waals surface area contributed by atoms with Crippen LogP contribution in [0.3, 0.4) is 0 Å². The molecule has 2 rings (SSSR count). The topological polar surface area (TPSA) is 38.3 Å². The van der Waals surface area contributed by atoms with Crippen LogP contribution in [0.5, 0.6) is 0 Å². The number of nitrogens with one attached hydrogen (secondary N) is 1. The van der Waals surface area contributed by atoms with Gasteiger partial charge in [0.1, 0.15) is 12.1 Å². The third-order valence-corrected chi connectivity index (χ3v) is 4.42. The fraction of sp³-hybridized carbons (Fsp3) is 0.933. The maximum Gasteiger partial charge on any atom is 0.323 e. The quantitative estimate of drug-likeness (QED) is 0.769. The molecule has 1 saturated carbocycles. The van der Waals surface area contributed by atoms with Crippen LogP contribution in [0, 0.1) is 17.3 Å². The smallest absolute Gasteiger partial charge is 0.323 e. The molecule has 3 heteroatoms. The molecule has 4 atom stereocenters. The third kappa shape index (κ3) is 3.25. The van der Waals surface area contributed by atoms with E-state index >= 15 is 0 Å². The largest absolute Gasteiger partial charge is 0.461 e. The van der Waals surface area contributed by atoms with Crippen LogP contribution >= 0.6 is 0 Å². The first-order valence-corrected chi connectivity index (χ1v) is 7.31. The Labute approximate surface area is 111 Å². The van der Waals surface area contributed by atoms with E-state index in [4.69, 9.17) is 4.74 Å². The Balaban J connectivity index is 1.90. The minimum absolute atomic E-state index is 0.0325. The Kier molecular flexibility index (Phi) is 4.00. The molecule has 1 aliphatic carbocycles. The summed E-state index contributed by atoms with van der Waals surface area (Å²) >= 11 is 0. The zero-order valence-electron chi connectivity index (χ0n) is 12.2. The van der Waals surface area contributed by atoms with Gasteiger partial charge in [-0.25, -0.2) is 0 Å². The first-order chi connectivity index (χ1) is 8.37. The highest BCUT2D eigenvalue weighted by molar-refractivity contribution is 5.76. The van der Waals surface area contributed by atoms with Gasteiger partial charge in [0.15, 0.2) is 0 Å². The molecule has 1 N–H and O–H groups in total. The van der Waals surface area contributed by atoms with Gasteiger partial charge in [-0.15, -0.1) is 0 Å². The van der Waals surface area contributed by atoms with Crippen molar-refractivity contribution in [1.29, 1.82) is 0 Å². The number of ether oxygens (including phenoxy) is 1. The lowest BCUT2D eigenvalue weighted by atomic mass is 9.71. The van der Waals surface area contributed by atoms with Crippen LogP contribution in [-0.4, -0.2) is 24.7 Å². The number of carbonyl (C=O) groups excluding carboxylic acids is 1. The summed E-state index contributed by atoms with van der Waals surface area (Å²) in [5.41, 5.74) is 0.303. The van der Waals surface area contributed by atoms with Gasteiger partial charge in [0, 0.05) is 0 Å². The molecule has 0 amide bonds. The van der Waals surface area contributed by atoms with E-state index in [-0.39, 0.29) is 18.1 Å². The average molecular weight is 253 g/mol. The molecule has 2 fully saturated rings. The van der Waals surface area contributed by atoms with Gasteiger partial charge in [-0.05, 0) is 49.5 Å². The van der Waals surface area contributed by atoms with Gasteiger partial charge in [-0.1, -0.05) is 27.7 Å². The lowest BCUT2D eigenvalue weighted by molar-refractivity contribution is -0.156. The Morgan fingerprint density at radius 1 is 1.28 bits per heavy atom. The lowest BCUT2D eigenvalue weighted by Gasteiger charge is -2.38. The van der Waals surface area contributed by atoms with E-state index < -0.39 is 0 Å². The summed E-state index contributed by atoms with van der Waals surface area (Å²) in [6.07, 6.45) is 4.46. The third-order valence-electron chi connectivity index (χ3n) is 4.42. The second kappa shape index (κ2) is 5.20. The van der Waals surface area contributed by atoms with Gasteiger partial charge >= 0.3 is 5.97 Å². The molecular formula is C15H27NO2. The zero-order chi connectivity index (χ0) is 13.3. The fourth-order valence-electron chi connectivity index (χ4n) is 3.74. The first kappa shape index (κ1) is 13.9. The minimum Gasteiger partial charge on any atom is -0.461 e. The summed E-state index contributed by atoms with van der Waals surface area (Å²) in [7, 11) is 0. The van der Waals surface area contributed by atoms with Crippen molar-refractivity contribution in [2.24, 2.45) is 17.3 Å². The fourth-order valence-corrected chi connectivity index (χ4v) is 3.74. The molecule has 0 aromatic rings. The van der Waals surface area contributed by atoms with Crippen molar-refractivity contribution < 1.29 is 9.53 Å². The lowest BCUT2D eigenvalue weighted by Crippen LogP contribution is -2.41. The van der Waals surface area contributed by atoms with Gasteiger partial charge in [-0.2, -0.15) is 0 Å². The maximum absolute atomic E-state index is 12.2. The van der Waals surface area contributed by atoms with Crippen LogP contribution in [0.15, 0.2) is 0 Å². The second-order valence-corrected chi connectivity index (χ2v) is 7.17. The Bertz CT molecular complexity index is 314. The van der Waals surface area contributed by atoms with Crippen molar-refractivity contribution in [2.75, 3.05) is 6.54 Å². The monoisotopic (exact) mass is 253 g/mol. The van der Waals surface area contributed by atoms with Crippen LogP contribution in [0.4, 0.5) is 0 Å². The van der Waals surface area contributed by atoms with Crippen molar-refractivity contribution >= 4 is 5.97 Å². The van der Waals surface area contributed by atoms with Crippen LogP contribution in [-0.2, 0) is 9.53 Å². The Morgan fingerprint density at radius 2 is 2.00 bits per heavy atom. The van der Waals surface area contributed by atoms with E-state index in [0.29, 0.717) is 17.3 Å². The van der Waals surface area contributed by atoms with E-state index in [2.05, 4.69) is 33.0 Å².